The summed E-state index contributed by atoms with van der Waals surface area (Å²) in [6.45, 7) is 0.612. The van der Waals surface area contributed by atoms with Crippen molar-refractivity contribution in [1.82, 2.24) is 10.3 Å². The molecule has 0 saturated carbocycles. The first-order valence-corrected chi connectivity index (χ1v) is 6.10. The Morgan fingerprint density at radius 3 is 3.00 bits per heavy atom. The molecular formula is C14H13N3O3. The zero-order valence-electron chi connectivity index (χ0n) is 10.6. The van der Waals surface area contributed by atoms with E-state index in [9.17, 15) is 4.79 Å². The van der Waals surface area contributed by atoms with Crippen LogP contribution in [0.1, 0.15) is 15.9 Å². The lowest BCUT2D eigenvalue weighted by atomic mass is 10.2. The second-order valence-corrected chi connectivity index (χ2v) is 4.33. The first-order valence-electron chi connectivity index (χ1n) is 6.10. The van der Waals surface area contributed by atoms with Gasteiger partial charge < -0.3 is 20.5 Å². The number of hydrogen-bond acceptors (Lipinski definition) is 5. The minimum atomic E-state index is -0.256. The fourth-order valence-electron chi connectivity index (χ4n) is 1.92. The van der Waals surface area contributed by atoms with Gasteiger partial charge in [0, 0.05) is 24.6 Å². The monoisotopic (exact) mass is 271 g/mol. The molecule has 1 aromatic carbocycles. The van der Waals surface area contributed by atoms with Gasteiger partial charge in [0.25, 0.3) is 5.91 Å². The number of hydrogen-bond donors (Lipinski definition) is 2. The quantitative estimate of drug-likeness (QED) is 0.879. The van der Waals surface area contributed by atoms with E-state index in [-0.39, 0.29) is 12.7 Å². The Morgan fingerprint density at radius 1 is 1.30 bits per heavy atom. The van der Waals surface area contributed by atoms with E-state index in [1.54, 1.807) is 12.3 Å². The van der Waals surface area contributed by atoms with Crippen molar-refractivity contribution < 1.29 is 14.3 Å². The maximum Gasteiger partial charge on any atom is 0.255 e. The normalized spacial score (nSPS) is 12.2. The summed E-state index contributed by atoms with van der Waals surface area (Å²) in [5, 5.41) is 2.79. The Morgan fingerprint density at radius 2 is 2.15 bits per heavy atom. The standard InChI is InChI=1S/C14H13N3O3/c15-11-3-4-16-7-10(11)14(18)17-6-9-1-2-12-13(5-9)20-8-19-12/h1-5,7H,6,8H2,(H2,15,16)(H,17,18). The first-order chi connectivity index (χ1) is 9.74. The van der Waals surface area contributed by atoms with Crippen molar-refractivity contribution in [2.75, 3.05) is 12.5 Å². The van der Waals surface area contributed by atoms with Gasteiger partial charge in [-0.3, -0.25) is 9.78 Å². The average Bonchev–Trinajstić information content (AvgIpc) is 2.92. The number of nitrogen functional groups attached to an aromatic ring is 1. The molecule has 1 amide bonds. The average molecular weight is 271 g/mol. The number of benzene rings is 1. The van der Waals surface area contributed by atoms with Crippen LogP contribution in [0.2, 0.25) is 0 Å². The topological polar surface area (TPSA) is 86.5 Å². The van der Waals surface area contributed by atoms with Crippen LogP contribution < -0.4 is 20.5 Å². The molecule has 0 fully saturated rings. The number of fused-ring (bicyclic) bond motifs is 1. The van der Waals surface area contributed by atoms with Crippen LogP contribution in [0.25, 0.3) is 0 Å². The van der Waals surface area contributed by atoms with Gasteiger partial charge >= 0.3 is 0 Å². The summed E-state index contributed by atoms with van der Waals surface area (Å²) < 4.78 is 10.5. The lowest BCUT2D eigenvalue weighted by molar-refractivity contribution is 0.0951. The van der Waals surface area contributed by atoms with Crippen LogP contribution in [0, 0.1) is 0 Å². The molecule has 2 heterocycles. The fourth-order valence-corrected chi connectivity index (χ4v) is 1.92. The van der Waals surface area contributed by atoms with E-state index in [1.807, 2.05) is 18.2 Å². The summed E-state index contributed by atoms with van der Waals surface area (Å²) in [7, 11) is 0. The van der Waals surface area contributed by atoms with Crippen molar-refractivity contribution in [3.63, 3.8) is 0 Å². The summed E-state index contributed by atoms with van der Waals surface area (Å²) in [6, 6.07) is 7.13. The van der Waals surface area contributed by atoms with Crippen LogP contribution in [0.5, 0.6) is 11.5 Å². The molecule has 20 heavy (non-hydrogen) atoms. The molecule has 6 heteroatoms. The lowest BCUT2D eigenvalue weighted by Crippen LogP contribution is -2.23. The van der Waals surface area contributed by atoms with Gasteiger partial charge in [-0.1, -0.05) is 6.07 Å². The third kappa shape index (κ3) is 2.35. The third-order valence-electron chi connectivity index (χ3n) is 2.99. The number of pyridine rings is 1. The molecule has 0 aliphatic carbocycles. The van der Waals surface area contributed by atoms with Gasteiger partial charge in [-0.25, -0.2) is 0 Å². The number of nitrogens with one attached hydrogen (secondary N) is 1. The maximum atomic E-state index is 12.0. The molecule has 0 unspecified atom stereocenters. The summed E-state index contributed by atoms with van der Waals surface area (Å²) in [4.78, 5) is 15.9. The number of nitrogens with two attached hydrogens (primary N) is 1. The highest BCUT2D eigenvalue weighted by Gasteiger charge is 2.14. The van der Waals surface area contributed by atoms with Crippen LogP contribution in [-0.2, 0) is 6.54 Å². The molecule has 6 nitrogen and oxygen atoms in total. The van der Waals surface area contributed by atoms with Crippen molar-refractivity contribution in [1.29, 1.82) is 0 Å². The highest BCUT2D eigenvalue weighted by Crippen LogP contribution is 2.32. The minimum Gasteiger partial charge on any atom is -0.454 e. The lowest BCUT2D eigenvalue weighted by Gasteiger charge is -2.07. The second kappa shape index (κ2) is 5.08. The molecule has 3 rings (SSSR count). The van der Waals surface area contributed by atoms with Gasteiger partial charge in [-0.15, -0.1) is 0 Å². The number of amides is 1. The SMILES string of the molecule is Nc1ccncc1C(=O)NCc1ccc2c(c1)OCO2. The molecule has 102 valence electrons. The molecule has 0 atom stereocenters. The number of rotatable bonds is 3. The van der Waals surface area contributed by atoms with Gasteiger partial charge in [0.15, 0.2) is 11.5 Å². The van der Waals surface area contributed by atoms with E-state index < -0.39 is 0 Å². The number of carbonyl (C=O) groups excluding carboxylic acids is 1. The van der Waals surface area contributed by atoms with Gasteiger partial charge in [0.2, 0.25) is 6.79 Å². The Balaban J connectivity index is 1.68. The van der Waals surface area contributed by atoms with E-state index in [1.165, 1.54) is 6.20 Å². The Kier molecular flexibility index (Phi) is 3.12. The predicted molar refractivity (Wildman–Crippen MR) is 72.4 cm³/mol. The molecule has 1 aliphatic heterocycles. The molecule has 0 radical (unpaired) electrons. The molecule has 2 aromatic rings. The van der Waals surface area contributed by atoms with Crippen LogP contribution in [0.4, 0.5) is 5.69 Å². The maximum absolute atomic E-state index is 12.0. The zero-order valence-corrected chi connectivity index (χ0v) is 10.6. The van der Waals surface area contributed by atoms with E-state index >= 15 is 0 Å². The summed E-state index contributed by atoms with van der Waals surface area (Å²) in [5.74, 6) is 1.16. The smallest absolute Gasteiger partial charge is 0.255 e. The third-order valence-corrected chi connectivity index (χ3v) is 2.99. The zero-order chi connectivity index (χ0) is 13.9. The van der Waals surface area contributed by atoms with E-state index in [0.717, 1.165) is 11.3 Å². The van der Waals surface area contributed by atoms with Gasteiger partial charge in [0.05, 0.1) is 5.56 Å². The van der Waals surface area contributed by atoms with E-state index in [2.05, 4.69) is 10.3 Å². The molecule has 0 saturated heterocycles. The van der Waals surface area contributed by atoms with Crippen molar-refractivity contribution in [2.24, 2.45) is 0 Å². The second-order valence-electron chi connectivity index (χ2n) is 4.33. The molecule has 0 bridgehead atoms. The van der Waals surface area contributed by atoms with Crippen molar-refractivity contribution in [2.45, 2.75) is 6.54 Å². The molecule has 3 N–H and O–H groups in total. The fraction of sp³-hybridized carbons (Fsp3) is 0.143. The van der Waals surface area contributed by atoms with Crippen molar-refractivity contribution in [3.8, 4) is 11.5 Å². The minimum absolute atomic E-state index is 0.233. The van der Waals surface area contributed by atoms with Crippen LogP contribution in [-0.4, -0.2) is 17.7 Å². The van der Waals surface area contributed by atoms with Crippen LogP contribution >= 0.6 is 0 Å². The summed E-state index contributed by atoms with van der Waals surface area (Å²) >= 11 is 0. The highest BCUT2D eigenvalue weighted by molar-refractivity contribution is 5.98. The predicted octanol–water partition coefficient (Wildman–Crippen LogP) is 1.32. The van der Waals surface area contributed by atoms with Gasteiger partial charge in [-0.2, -0.15) is 0 Å². The molecule has 0 spiro atoms. The number of aromatic nitrogens is 1. The molecule has 1 aliphatic rings. The summed E-state index contributed by atoms with van der Waals surface area (Å²) in [6.07, 6.45) is 2.99. The van der Waals surface area contributed by atoms with Gasteiger partial charge in [0.1, 0.15) is 0 Å². The van der Waals surface area contributed by atoms with Crippen LogP contribution in [0.15, 0.2) is 36.7 Å². The summed E-state index contributed by atoms with van der Waals surface area (Å²) in [5.41, 5.74) is 7.42. The first kappa shape index (κ1) is 12.3. The number of ether oxygens (including phenoxy) is 2. The van der Waals surface area contributed by atoms with Crippen molar-refractivity contribution in [3.05, 3.63) is 47.8 Å². The largest absolute Gasteiger partial charge is 0.454 e. The number of nitrogens with zero attached hydrogens (tertiary/aromatic N) is 1. The number of anilines is 1. The van der Waals surface area contributed by atoms with Gasteiger partial charge in [-0.05, 0) is 23.8 Å². The Labute approximate surface area is 115 Å². The molecule has 1 aromatic heterocycles. The van der Waals surface area contributed by atoms with Crippen molar-refractivity contribution >= 4 is 11.6 Å². The number of carbonyl (C=O) groups is 1. The Bertz CT molecular complexity index is 658. The Hall–Kier alpha value is -2.76. The highest BCUT2D eigenvalue weighted by atomic mass is 16.7. The molecular weight excluding hydrogens is 258 g/mol. The van der Waals surface area contributed by atoms with E-state index in [0.29, 0.717) is 23.5 Å². The van der Waals surface area contributed by atoms with Crippen LogP contribution in [0.3, 0.4) is 0 Å². The van der Waals surface area contributed by atoms with E-state index in [4.69, 9.17) is 15.2 Å².